The molecule has 1 fully saturated rings. The Balaban J connectivity index is 1.65. The summed E-state index contributed by atoms with van der Waals surface area (Å²) in [5.74, 6) is -0.464. The molecule has 8 heteroatoms. The second-order valence-electron chi connectivity index (χ2n) is 7.40. The quantitative estimate of drug-likeness (QED) is 0.680. The van der Waals surface area contributed by atoms with Crippen LogP contribution in [0.2, 0.25) is 5.02 Å². The molecule has 2 aromatic rings. The average molecular weight is 441 g/mol. The van der Waals surface area contributed by atoms with E-state index in [1.165, 1.54) is 11.3 Å². The highest BCUT2D eigenvalue weighted by molar-refractivity contribution is 7.90. The van der Waals surface area contributed by atoms with E-state index in [2.05, 4.69) is 17.0 Å². The normalized spacial score (nSPS) is 21.2. The molecule has 5 nitrogen and oxygen atoms in total. The van der Waals surface area contributed by atoms with E-state index >= 15 is 0 Å². The van der Waals surface area contributed by atoms with E-state index in [4.69, 9.17) is 11.6 Å². The van der Waals surface area contributed by atoms with Gasteiger partial charge in [0.15, 0.2) is 0 Å². The van der Waals surface area contributed by atoms with Crippen LogP contribution in [0.3, 0.4) is 0 Å². The number of sulfonamides is 1. The molecular formula is C20H25ClN2O3S2. The molecule has 0 radical (unpaired) electrons. The number of halogens is 1. The Hall–Kier alpha value is -1.41. The number of carbonyl (C=O) groups is 1. The molecular weight excluding hydrogens is 416 g/mol. The van der Waals surface area contributed by atoms with Crippen LogP contribution in [0, 0.1) is 5.92 Å². The lowest BCUT2D eigenvalue weighted by Crippen LogP contribution is -2.43. The fourth-order valence-corrected chi connectivity index (χ4v) is 5.66. The third-order valence-electron chi connectivity index (χ3n) is 5.02. The Morgan fingerprint density at radius 2 is 1.86 bits per heavy atom. The van der Waals surface area contributed by atoms with Crippen molar-refractivity contribution in [1.29, 1.82) is 0 Å². The zero-order valence-electron chi connectivity index (χ0n) is 15.7. The van der Waals surface area contributed by atoms with E-state index in [-0.39, 0.29) is 6.04 Å². The number of nitrogens with one attached hydrogen (secondary N) is 2. The van der Waals surface area contributed by atoms with Crippen LogP contribution in [-0.4, -0.2) is 26.1 Å². The van der Waals surface area contributed by atoms with Gasteiger partial charge in [0.05, 0.1) is 6.04 Å². The van der Waals surface area contributed by atoms with Crippen LogP contribution in [0.5, 0.6) is 0 Å². The maximum Gasteiger partial charge on any atom is 0.237 e. The Morgan fingerprint density at radius 3 is 2.46 bits per heavy atom. The Morgan fingerprint density at radius 1 is 1.18 bits per heavy atom. The van der Waals surface area contributed by atoms with E-state index in [0.717, 1.165) is 36.1 Å². The summed E-state index contributed by atoms with van der Waals surface area (Å²) < 4.78 is 27.6. The number of carbonyl (C=O) groups excluding carboxylic acids is 1. The monoisotopic (exact) mass is 440 g/mol. The predicted octanol–water partition coefficient (Wildman–Crippen LogP) is 4.11. The third-order valence-corrected chi connectivity index (χ3v) is 7.54. The maximum atomic E-state index is 12.5. The first kappa shape index (κ1) is 21.3. The molecule has 0 aliphatic heterocycles. The van der Waals surface area contributed by atoms with Crippen molar-refractivity contribution in [2.24, 2.45) is 5.92 Å². The topological polar surface area (TPSA) is 75.3 Å². The minimum absolute atomic E-state index is 0.0710. The van der Waals surface area contributed by atoms with E-state index in [1.54, 1.807) is 12.1 Å². The van der Waals surface area contributed by atoms with E-state index in [9.17, 15) is 13.2 Å². The van der Waals surface area contributed by atoms with Crippen LogP contribution in [-0.2, 0) is 14.8 Å². The van der Waals surface area contributed by atoms with Crippen LogP contribution < -0.4 is 10.0 Å². The molecule has 1 saturated carbocycles. The first-order chi connectivity index (χ1) is 13.3. The van der Waals surface area contributed by atoms with Gasteiger partial charge in [0.25, 0.3) is 0 Å². The van der Waals surface area contributed by atoms with Crippen molar-refractivity contribution in [2.75, 3.05) is 5.75 Å². The summed E-state index contributed by atoms with van der Waals surface area (Å²) >= 11 is 7.47. The minimum atomic E-state index is -3.68. The highest BCUT2D eigenvalue weighted by atomic mass is 35.5. The Kier molecular flexibility index (Phi) is 7.15. The number of hydrogen-bond acceptors (Lipinski definition) is 4. The molecule has 1 atom stereocenters. The van der Waals surface area contributed by atoms with Gasteiger partial charge in [-0.3, -0.25) is 4.79 Å². The van der Waals surface area contributed by atoms with E-state index in [0.29, 0.717) is 10.9 Å². The van der Waals surface area contributed by atoms with Crippen LogP contribution in [0.4, 0.5) is 0 Å². The molecule has 1 aliphatic carbocycles. The van der Waals surface area contributed by atoms with Crippen molar-refractivity contribution in [3.05, 3.63) is 57.2 Å². The molecule has 152 valence electrons. The van der Waals surface area contributed by atoms with Gasteiger partial charge in [-0.05, 0) is 60.7 Å². The summed E-state index contributed by atoms with van der Waals surface area (Å²) in [7, 11) is -3.68. The SMILES string of the molecule is CC1CCC(NS(=O)(=O)CC(=O)NC(c2ccc(Cl)cc2)c2cccs2)CC1. The molecule has 0 saturated heterocycles. The minimum Gasteiger partial charge on any atom is -0.343 e. The zero-order chi connectivity index (χ0) is 20.1. The number of hydrogen-bond donors (Lipinski definition) is 2. The summed E-state index contributed by atoms with van der Waals surface area (Å²) in [6.45, 7) is 2.18. The molecule has 3 rings (SSSR count). The second kappa shape index (κ2) is 9.39. The van der Waals surface area contributed by atoms with Crippen molar-refractivity contribution in [1.82, 2.24) is 10.0 Å². The van der Waals surface area contributed by atoms with Crippen molar-refractivity contribution in [3.8, 4) is 0 Å². The number of benzene rings is 1. The second-order valence-corrected chi connectivity index (χ2v) is 10.6. The lowest BCUT2D eigenvalue weighted by molar-refractivity contribution is -0.119. The van der Waals surface area contributed by atoms with Crippen LogP contribution in [0.1, 0.15) is 49.1 Å². The van der Waals surface area contributed by atoms with Gasteiger partial charge in [0.1, 0.15) is 5.75 Å². The smallest absolute Gasteiger partial charge is 0.237 e. The predicted molar refractivity (Wildman–Crippen MR) is 114 cm³/mol. The van der Waals surface area contributed by atoms with Crippen molar-refractivity contribution in [2.45, 2.75) is 44.7 Å². The highest BCUT2D eigenvalue weighted by Crippen LogP contribution is 2.27. The van der Waals surface area contributed by atoms with Crippen LogP contribution in [0.15, 0.2) is 41.8 Å². The summed E-state index contributed by atoms with van der Waals surface area (Å²) in [5, 5.41) is 5.39. The molecule has 0 spiro atoms. The average Bonchev–Trinajstić information content (AvgIpc) is 3.16. The Labute approximate surface area is 175 Å². The van der Waals surface area contributed by atoms with Crippen LogP contribution in [0.25, 0.3) is 0 Å². The highest BCUT2D eigenvalue weighted by Gasteiger charge is 2.26. The summed E-state index contributed by atoms with van der Waals surface area (Å²) in [6, 6.07) is 10.5. The lowest BCUT2D eigenvalue weighted by Gasteiger charge is -2.26. The third kappa shape index (κ3) is 6.04. The van der Waals surface area contributed by atoms with Gasteiger partial charge >= 0.3 is 0 Å². The maximum absolute atomic E-state index is 12.5. The van der Waals surface area contributed by atoms with Gasteiger partial charge in [-0.25, -0.2) is 13.1 Å². The zero-order valence-corrected chi connectivity index (χ0v) is 18.1. The van der Waals surface area contributed by atoms with Gasteiger partial charge < -0.3 is 5.32 Å². The first-order valence-corrected chi connectivity index (χ1v) is 12.3. The van der Waals surface area contributed by atoms with Gasteiger partial charge in [-0.2, -0.15) is 0 Å². The first-order valence-electron chi connectivity index (χ1n) is 9.40. The Bertz CT molecular complexity index is 875. The molecule has 1 aliphatic rings. The number of rotatable bonds is 7. The van der Waals surface area contributed by atoms with Crippen molar-refractivity contribution < 1.29 is 13.2 Å². The molecule has 2 N–H and O–H groups in total. The molecule has 0 bridgehead atoms. The molecule has 1 aromatic heterocycles. The molecule has 28 heavy (non-hydrogen) atoms. The standard InChI is InChI=1S/C20H25ClN2O3S2/c1-14-4-10-17(11-5-14)23-28(25,26)13-19(24)22-20(18-3-2-12-27-18)15-6-8-16(21)9-7-15/h2-3,6-9,12,14,17,20,23H,4-5,10-11,13H2,1H3,(H,22,24). The fraction of sp³-hybridized carbons (Fsp3) is 0.450. The summed E-state index contributed by atoms with van der Waals surface area (Å²) in [6.07, 6.45) is 3.67. The van der Waals surface area contributed by atoms with Crippen molar-refractivity contribution >= 4 is 38.9 Å². The van der Waals surface area contributed by atoms with E-state index in [1.807, 2.05) is 29.6 Å². The summed E-state index contributed by atoms with van der Waals surface area (Å²) in [5.41, 5.74) is 0.854. The molecule has 1 heterocycles. The summed E-state index contributed by atoms with van der Waals surface area (Å²) in [4.78, 5) is 13.5. The molecule has 1 unspecified atom stereocenters. The van der Waals surface area contributed by atoms with Gasteiger partial charge in [-0.15, -0.1) is 11.3 Å². The van der Waals surface area contributed by atoms with Gasteiger partial charge in [0, 0.05) is 15.9 Å². The van der Waals surface area contributed by atoms with Gasteiger partial charge in [0.2, 0.25) is 15.9 Å². The molecule has 1 amide bonds. The van der Waals surface area contributed by atoms with Crippen molar-refractivity contribution in [3.63, 3.8) is 0 Å². The number of amides is 1. The lowest BCUT2D eigenvalue weighted by atomic mass is 9.88. The molecule has 1 aromatic carbocycles. The van der Waals surface area contributed by atoms with Gasteiger partial charge in [-0.1, -0.05) is 36.7 Å². The number of thiophene rings is 1. The van der Waals surface area contributed by atoms with Crippen LogP contribution >= 0.6 is 22.9 Å². The van der Waals surface area contributed by atoms with E-state index < -0.39 is 27.7 Å². The fourth-order valence-electron chi connectivity index (χ4n) is 3.48. The largest absolute Gasteiger partial charge is 0.343 e.